The van der Waals surface area contributed by atoms with Crippen molar-refractivity contribution < 1.29 is 9.53 Å². The van der Waals surface area contributed by atoms with E-state index in [1.165, 1.54) is 141 Å². The highest BCUT2D eigenvalue weighted by Crippen LogP contribution is 2.42. The summed E-state index contributed by atoms with van der Waals surface area (Å²) in [5.74, 6) is 2.43. The van der Waals surface area contributed by atoms with Crippen LogP contribution in [-0.4, -0.2) is 38.1 Å². The lowest BCUT2D eigenvalue weighted by atomic mass is 9.91. The van der Waals surface area contributed by atoms with Crippen LogP contribution in [0.15, 0.2) is 0 Å². The number of unbranched alkanes of at least 4 members (excludes halogenated alkanes) is 14. The Morgan fingerprint density at radius 1 is 0.694 bits per heavy atom. The van der Waals surface area contributed by atoms with E-state index in [4.69, 9.17) is 4.74 Å². The third kappa shape index (κ3) is 20.5. The van der Waals surface area contributed by atoms with E-state index in [-0.39, 0.29) is 5.97 Å². The average molecular weight is 508 g/mol. The van der Waals surface area contributed by atoms with Crippen LogP contribution in [-0.2, 0) is 9.53 Å². The standard InChI is InChI=1S/C33H65NO2/c1-5-7-9-11-13-14-18-22-30(26-27-34(3)4)23-19-16-17-21-25-33(35)36-29-32-28-31(32)24-20-15-12-10-8-6-2/h30-32H,5-29H2,1-4H3. The zero-order chi connectivity index (χ0) is 26.3. The van der Waals surface area contributed by atoms with Gasteiger partial charge in [-0.05, 0) is 57.7 Å². The summed E-state index contributed by atoms with van der Waals surface area (Å²) in [7, 11) is 4.39. The molecule has 3 heteroatoms. The number of nitrogens with zero attached hydrogens (tertiary/aromatic N) is 1. The van der Waals surface area contributed by atoms with Gasteiger partial charge >= 0.3 is 5.97 Å². The molecule has 3 atom stereocenters. The molecule has 36 heavy (non-hydrogen) atoms. The SMILES string of the molecule is CCCCCCCCCC(CCCCCCC(=O)OCC1CC1CCCCCCCC)CCN(C)C. The smallest absolute Gasteiger partial charge is 0.305 e. The zero-order valence-corrected chi connectivity index (χ0v) is 25.2. The number of rotatable bonds is 27. The Morgan fingerprint density at radius 3 is 1.81 bits per heavy atom. The predicted octanol–water partition coefficient (Wildman–Crippen LogP) is 9.97. The summed E-state index contributed by atoms with van der Waals surface area (Å²) in [5, 5.41) is 0. The molecule has 0 spiro atoms. The van der Waals surface area contributed by atoms with Gasteiger partial charge in [-0.2, -0.15) is 0 Å². The minimum Gasteiger partial charge on any atom is -0.465 e. The van der Waals surface area contributed by atoms with Crippen LogP contribution >= 0.6 is 0 Å². The van der Waals surface area contributed by atoms with Crippen molar-refractivity contribution in [3.8, 4) is 0 Å². The number of carbonyl (C=O) groups is 1. The largest absolute Gasteiger partial charge is 0.465 e. The van der Waals surface area contributed by atoms with Crippen LogP contribution in [0.3, 0.4) is 0 Å². The van der Waals surface area contributed by atoms with Crippen LogP contribution in [0.2, 0.25) is 0 Å². The highest BCUT2D eigenvalue weighted by molar-refractivity contribution is 5.69. The van der Waals surface area contributed by atoms with Crippen molar-refractivity contribution in [2.45, 2.75) is 162 Å². The lowest BCUT2D eigenvalue weighted by Gasteiger charge is -2.19. The molecule has 0 radical (unpaired) electrons. The van der Waals surface area contributed by atoms with Crippen LogP contribution in [0, 0.1) is 17.8 Å². The summed E-state index contributed by atoms with van der Waals surface area (Å²) in [6, 6.07) is 0. The number of ether oxygens (including phenoxy) is 1. The van der Waals surface area contributed by atoms with Crippen molar-refractivity contribution in [2.24, 2.45) is 17.8 Å². The molecule has 1 aliphatic rings. The summed E-state index contributed by atoms with van der Waals surface area (Å²) in [6.45, 7) is 6.47. The Kier molecular flexibility index (Phi) is 21.9. The number of esters is 1. The highest BCUT2D eigenvalue weighted by atomic mass is 16.5. The van der Waals surface area contributed by atoms with Gasteiger partial charge in [0.25, 0.3) is 0 Å². The Bertz CT molecular complexity index is 492. The zero-order valence-electron chi connectivity index (χ0n) is 25.2. The molecule has 0 aromatic heterocycles. The molecular formula is C33H65NO2. The second-order valence-corrected chi connectivity index (χ2v) is 12.3. The Balaban J connectivity index is 1.99. The molecule has 0 N–H and O–H groups in total. The van der Waals surface area contributed by atoms with Gasteiger partial charge in [0.15, 0.2) is 0 Å². The fraction of sp³-hybridized carbons (Fsp3) is 0.970. The van der Waals surface area contributed by atoms with E-state index < -0.39 is 0 Å². The molecule has 0 amide bonds. The van der Waals surface area contributed by atoms with Crippen molar-refractivity contribution >= 4 is 5.97 Å². The van der Waals surface area contributed by atoms with Crippen molar-refractivity contribution in [1.82, 2.24) is 4.90 Å². The van der Waals surface area contributed by atoms with Gasteiger partial charge in [0.2, 0.25) is 0 Å². The van der Waals surface area contributed by atoms with Crippen LogP contribution in [0.1, 0.15) is 162 Å². The molecular weight excluding hydrogens is 442 g/mol. The minimum atomic E-state index is 0.0445. The lowest BCUT2D eigenvalue weighted by molar-refractivity contribution is -0.144. The summed E-state index contributed by atoms with van der Waals surface area (Å²) >= 11 is 0. The minimum absolute atomic E-state index is 0.0445. The molecule has 1 saturated carbocycles. The molecule has 0 bridgehead atoms. The van der Waals surface area contributed by atoms with Gasteiger partial charge in [-0.3, -0.25) is 4.79 Å². The monoisotopic (exact) mass is 508 g/mol. The molecule has 0 aromatic carbocycles. The fourth-order valence-electron chi connectivity index (χ4n) is 5.65. The second kappa shape index (κ2) is 23.5. The summed E-state index contributed by atoms with van der Waals surface area (Å²) in [5.41, 5.74) is 0. The van der Waals surface area contributed by atoms with Gasteiger partial charge < -0.3 is 9.64 Å². The Labute approximate surface area is 226 Å². The molecule has 3 nitrogen and oxygen atoms in total. The van der Waals surface area contributed by atoms with Crippen LogP contribution < -0.4 is 0 Å². The van der Waals surface area contributed by atoms with E-state index in [1.54, 1.807) is 0 Å². The Hall–Kier alpha value is -0.570. The van der Waals surface area contributed by atoms with Crippen LogP contribution in [0.25, 0.3) is 0 Å². The van der Waals surface area contributed by atoms with Gasteiger partial charge in [0, 0.05) is 6.42 Å². The van der Waals surface area contributed by atoms with Crippen LogP contribution in [0.5, 0.6) is 0 Å². The molecule has 1 rings (SSSR count). The quantitative estimate of drug-likeness (QED) is 0.0818. The molecule has 0 saturated heterocycles. The van der Waals surface area contributed by atoms with Crippen molar-refractivity contribution in [3.63, 3.8) is 0 Å². The second-order valence-electron chi connectivity index (χ2n) is 12.3. The maximum Gasteiger partial charge on any atom is 0.305 e. The first-order valence-corrected chi connectivity index (χ1v) is 16.4. The van der Waals surface area contributed by atoms with E-state index in [2.05, 4.69) is 32.8 Å². The topological polar surface area (TPSA) is 29.5 Å². The predicted molar refractivity (Wildman–Crippen MR) is 158 cm³/mol. The van der Waals surface area contributed by atoms with Crippen LogP contribution in [0.4, 0.5) is 0 Å². The van der Waals surface area contributed by atoms with Gasteiger partial charge in [-0.25, -0.2) is 0 Å². The Morgan fingerprint density at radius 2 is 1.22 bits per heavy atom. The summed E-state index contributed by atoms with van der Waals surface area (Å²) < 4.78 is 5.60. The molecule has 0 aliphatic heterocycles. The van der Waals surface area contributed by atoms with Gasteiger partial charge in [0.05, 0.1) is 6.61 Å². The summed E-state index contributed by atoms with van der Waals surface area (Å²) in [6.07, 6.45) is 30.3. The molecule has 1 fully saturated rings. The maximum absolute atomic E-state index is 12.1. The van der Waals surface area contributed by atoms with E-state index in [0.717, 1.165) is 18.3 Å². The first-order valence-electron chi connectivity index (χ1n) is 16.4. The van der Waals surface area contributed by atoms with E-state index in [9.17, 15) is 4.79 Å². The summed E-state index contributed by atoms with van der Waals surface area (Å²) in [4.78, 5) is 14.5. The third-order valence-electron chi connectivity index (χ3n) is 8.40. The van der Waals surface area contributed by atoms with E-state index in [1.807, 2.05) is 0 Å². The normalized spacial score (nSPS) is 18.0. The number of carbonyl (C=O) groups excluding carboxylic acids is 1. The fourth-order valence-corrected chi connectivity index (χ4v) is 5.65. The molecule has 0 aromatic rings. The first-order chi connectivity index (χ1) is 17.6. The van der Waals surface area contributed by atoms with Crippen molar-refractivity contribution in [2.75, 3.05) is 27.2 Å². The maximum atomic E-state index is 12.1. The average Bonchev–Trinajstić information content (AvgIpc) is 3.62. The van der Waals surface area contributed by atoms with Gasteiger partial charge in [-0.1, -0.05) is 136 Å². The van der Waals surface area contributed by atoms with Crippen molar-refractivity contribution in [1.29, 1.82) is 0 Å². The van der Waals surface area contributed by atoms with Crippen molar-refractivity contribution in [3.05, 3.63) is 0 Å². The number of hydrogen-bond donors (Lipinski definition) is 0. The van der Waals surface area contributed by atoms with Gasteiger partial charge in [-0.15, -0.1) is 0 Å². The first kappa shape index (κ1) is 33.5. The van der Waals surface area contributed by atoms with Gasteiger partial charge in [0.1, 0.15) is 0 Å². The molecule has 3 unspecified atom stereocenters. The lowest BCUT2D eigenvalue weighted by Crippen LogP contribution is -2.17. The third-order valence-corrected chi connectivity index (χ3v) is 8.40. The molecule has 1 aliphatic carbocycles. The van der Waals surface area contributed by atoms with E-state index >= 15 is 0 Å². The molecule has 214 valence electrons. The van der Waals surface area contributed by atoms with E-state index in [0.29, 0.717) is 18.9 Å². The highest BCUT2D eigenvalue weighted by Gasteiger charge is 2.37. The molecule has 0 heterocycles. The number of hydrogen-bond acceptors (Lipinski definition) is 3.